The van der Waals surface area contributed by atoms with Crippen LogP contribution in [-0.4, -0.2) is 58.7 Å². The monoisotopic (exact) mass is 470 g/mol. The highest BCUT2D eigenvalue weighted by molar-refractivity contribution is 7.89. The van der Waals surface area contributed by atoms with Crippen molar-refractivity contribution in [1.82, 2.24) is 29.8 Å². The summed E-state index contributed by atoms with van der Waals surface area (Å²) < 4.78 is 39.8. The largest absolute Gasteiger partial charge is 0.454 e. The van der Waals surface area contributed by atoms with Crippen molar-refractivity contribution in [2.24, 2.45) is 5.92 Å². The van der Waals surface area contributed by atoms with E-state index < -0.39 is 15.9 Å². The number of hydrogen-bond donors (Lipinski definition) is 1. The molecule has 2 aliphatic rings. The number of nitrogens with one attached hydrogen (secondary N) is 1. The molecule has 1 saturated heterocycles. The van der Waals surface area contributed by atoms with Gasteiger partial charge in [0.1, 0.15) is 6.33 Å². The van der Waals surface area contributed by atoms with E-state index in [0.29, 0.717) is 43.1 Å². The van der Waals surface area contributed by atoms with Gasteiger partial charge in [-0.2, -0.15) is 4.31 Å². The van der Waals surface area contributed by atoms with Gasteiger partial charge in [-0.3, -0.25) is 4.79 Å². The smallest absolute Gasteiger partial charge is 0.243 e. The molecule has 0 unspecified atom stereocenters. The topological polar surface area (TPSA) is 129 Å². The first kappa shape index (κ1) is 21.3. The van der Waals surface area contributed by atoms with E-state index in [0.717, 1.165) is 5.56 Å². The number of hydrogen-bond acceptors (Lipinski definition) is 8. The number of benzene rings is 2. The van der Waals surface area contributed by atoms with Crippen molar-refractivity contribution in [3.8, 4) is 17.2 Å². The summed E-state index contributed by atoms with van der Waals surface area (Å²) in [6.45, 7) is 1.04. The van der Waals surface area contributed by atoms with Crippen LogP contribution in [0.4, 0.5) is 0 Å². The van der Waals surface area contributed by atoms with Gasteiger partial charge in [0.25, 0.3) is 0 Å². The summed E-state index contributed by atoms with van der Waals surface area (Å²) >= 11 is 0. The van der Waals surface area contributed by atoms with Crippen molar-refractivity contribution in [3.63, 3.8) is 0 Å². The molecule has 0 aliphatic carbocycles. The Bertz CT molecular complexity index is 1250. The second kappa shape index (κ2) is 8.79. The van der Waals surface area contributed by atoms with Gasteiger partial charge < -0.3 is 14.8 Å². The van der Waals surface area contributed by atoms with Crippen LogP contribution in [0.5, 0.6) is 11.5 Å². The van der Waals surface area contributed by atoms with E-state index in [-0.39, 0.29) is 24.1 Å². The number of rotatable bonds is 6. The number of nitrogens with zero attached hydrogens (tertiary/aromatic N) is 5. The number of aromatic nitrogens is 4. The molecule has 5 rings (SSSR count). The minimum atomic E-state index is -3.73. The Labute approximate surface area is 190 Å². The predicted molar refractivity (Wildman–Crippen MR) is 115 cm³/mol. The number of carbonyl (C=O) groups excluding carboxylic acids is 1. The number of amides is 1. The van der Waals surface area contributed by atoms with E-state index in [4.69, 9.17) is 9.47 Å². The summed E-state index contributed by atoms with van der Waals surface area (Å²) in [5.74, 6) is 0.761. The summed E-state index contributed by atoms with van der Waals surface area (Å²) in [5, 5.41) is 13.9. The Balaban J connectivity index is 1.22. The van der Waals surface area contributed by atoms with Crippen molar-refractivity contribution in [2.45, 2.75) is 24.3 Å². The molecule has 0 spiro atoms. The zero-order valence-corrected chi connectivity index (χ0v) is 18.4. The summed E-state index contributed by atoms with van der Waals surface area (Å²) in [5.41, 5.74) is 1.54. The maximum absolute atomic E-state index is 13.2. The molecule has 1 fully saturated rings. The fraction of sp³-hybridized carbons (Fsp3) is 0.333. The summed E-state index contributed by atoms with van der Waals surface area (Å²) in [6, 6.07) is 11.8. The molecule has 1 atom stereocenters. The van der Waals surface area contributed by atoms with Gasteiger partial charge in [-0.1, -0.05) is 6.07 Å². The van der Waals surface area contributed by atoms with Gasteiger partial charge >= 0.3 is 0 Å². The van der Waals surface area contributed by atoms with Crippen molar-refractivity contribution < 1.29 is 22.7 Å². The molecule has 12 heteroatoms. The second-order valence-corrected chi connectivity index (χ2v) is 9.79. The van der Waals surface area contributed by atoms with Gasteiger partial charge in [0.05, 0.1) is 16.5 Å². The van der Waals surface area contributed by atoms with E-state index in [1.54, 1.807) is 12.1 Å². The first-order chi connectivity index (χ1) is 16.0. The fourth-order valence-electron chi connectivity index (χ4n) is 3.96. The van der Waals surface area contributed by atoms with Crippen LogP contribution in [0.2, 0.25) is 0 Å². The Kier molecular flexibility index (Phi) is 5.68. The lowest BCUT2D eigenvalue weighted by atomic mass is 9.98. The molecule has 2 aromatic carbocycles. The van der Waals surface area contributed by atoms with E-state index >= 15 is 0 Å². The second-order valence-electron chi connectivity index (χ2n) is 7.86. The zero-order chi connectivity index (χ0) is 22.8. The van der Waals surface area contributed by atoms with Crippen LogP contribution in [0.25, 0.3) is 5.69 Å². The zero-order valence-electron chi connectivity index (χ0n) is 17.6. The molecule has 1 aromatic heterocycles. The number of ether oxygens (including phenoxy) is 2. The SMILES string of the molecule is O=C(NCc1ccc2c(c1)OCO2)[C@H]1CCCN(S(=O)(=O)c2ccc(-n3cnnn3)cc2)C1. The number of fused-ring (bicyclic) bond motifs is 1. The standard InChI is InChI=1S/C21H22N6O5S/c28-21(22-11-15-3-8-19-20(10-15)32-14-31-19)16-2-1-9-26(12-16)33(29,30)18-6-4-17(5-7-18)27-13-23-24-25-27/h3-8,10,13,16H,1-2,9,11-12,14H2,(H,22,28)/t16-/m0/s1. The van der Waals surface area contributed by atoms with Crippen molar-refractivity contribution >= 4 is 15.9 Å². The fourth-order valence-corrected chi connectivity index (χ4v) is 5.48. The summed E-state index contributed by atoms with van der Waals surface area (Å²) in [6.07, 6.45) is 2.68. The molecule has 3 heterocycles. The number of tetrazole rings is 1. The van der Waals surface area contributed by atoms with E-state index in [1.165, 1.54) is 27.4 Å². The van der Waals surface area contributed by atoms with Crippen LogP contribution in [0, 0.1) is 5.92 Å². The average molecular weight is 471 g/mol. The molecule has 172 valence electrons. The van der Waals surface area contributed by atoms with E-state index in [2.05, 4.69) is 20.8 Å². The molecular weight excluding hydrogens is 448 g/mol. The summed E-state index contributed by atoms with van der Waals surface area (Å²) in [4.78, 5) is 12.9. The number of carbonyl (C=O) groups is 1. The van der Waals surface area contributed by atoms with Crippen molar-refractivity contribution in [1.29, 1.82) is 0 Å². The minimum absolute atomic E-state index is 0.143. The Morgan fingerprint density at radius 3 is 2.73 bits per heavy atom. The number of piperidine rings is 1. The van der Waals surface area contributed by atoms with Crippen LogP contribution in [0.15, 0.2) is 53.7 Å². The van der Waals surface area contributed by atoms with Gasteiger partial charge in [0.2, 0.25) is 22.7 Å². The molecule has 3 aromatic rings. The van der Waals surface area contributed by atoms with Gasteiger partial charge in [0.15, 0.2) is 11.5 Å². The van der Waals surface area contributed by atoms with E-state index in [9.17, 15) is 13.2 Å². The summed E-state index contributed by atoms with van der Waals surface area (Å²) in [7, 11) is -3.73. The molecule has 1 N–H and O–H groups in total. The third-order valence-corrected chi connectivity index (χ3v) is 7.63. The normalized spacial score (nSPS) is 18.2. The van der Waals surface area contributed by atoms with Crippen LogP contribution in [0.3, 0.4) is 0 Å². The molecular formula is C21H22N6O5S. The first-order valence-electron chi connectivity index (χ1n) is 10.5. The third kappa shape index (κ3) is 4.39. The predicted octanol–water partition coefficient (Wildman–Crippen LogP) is 1.11. The molecule has 1 amide bonds. The van der Waals surface area contributed by atoms with Crippen LogP contribution in [-0.2, 0) is 21.4 Å². The molecule has 2 aliphatic heterocycles. The van der Waals surface area contributed by atoms with Crippen LogP contribution < -0.4 is 14.8 Å². The van der Waals surface area contributed by atoms with Gasteiger partial charge in [-0.15, -0.1) is 5.10 Å². The highest BCUT2D eigenvalue weighted by Gasteiger charge is 2.33. The van der Waals surface area contributed by atoms with Gasteiger partial charge in [-0.25, -0.2) is 13.1 Å². The molecule has 33 heavy (non-hydrogen) atoms. The van der Waals surface area contributed by atoms with Crippen molar-refractivity contribution in [2.75, 3.05) is 19.9 Å². The molecule has 0 saturated carbocycles. The third-order valence-electron chi connectivity index (χ3n) is 5.75. The van der Waals surface area contributed by atoms with Gasteiger partial charge in [0, 0.05) is 19.6 Å². The lowest BCUT2D eigenvalue weighted by Crippen LogP contribution is -2.45. The maximum Gasteiger partial charge on any atom is 0.243 e. The Hall–Kier alpha value is -3.51. The average Bonchev–Trinajstić information content (AvgIpc) is 3.55. The lowest BCUT2D eigenvalue weighted by molar-refractivity contribution is -0.126. The molecule has 0 radical (unpaired) electrons. The molecule has 11 nitrogen and oxygen atoms in total. The Morgan fingerprint density at radius 2 is 1.94 bits per heavy atom. The van der Waals surface area contributed by atoms with E-state index in [1.807, 2.05) is 18.2 Å². The molecule has 0 bridgehead atoms. The minimum Gasteiger partial charge on any atom is -0.454 e. The Morgan fingerprint density at radius 1 is 1.12 bits per heavy atom. The number of sulfonamides is 1. The first-order valence-corrected chi connectivity index (χ1v) is 11.9. The van der Waals surface area contributed by atoms with Crippen LogP contribution >= 0.6 is 0 Å². The highest BCUT2D eigenvalue weighted by atomic mass is 32.2. The van der Waals surface area contributed by atoms with Gasteiger partial charge in [-0.05, 0) is 65.2 Å². The van der Waals surface area contributed by atoms with Crippen molar-refractivity contribution in [3.05, 3.63) is 54.4 Å². The van der Waals surface area contributed by atoms with Crippen LogP contribution in [0.1, 0.15) is 18.4 Å². The highest BCUT2D eigenvalue weighted by Crippen LogP contribution is 2.32. The quantitative estimate of drug-likeness (QED) is 0.567. The maximum atomic E-state index is 13.2. The lowest BCUT2D eigenvalue weighted by Gasteiger charge is -2.31.